The molecule has 0 spiro atoms. The zero-order valence-corrected chi connectivity index (χ0v) is 15.1. The van der Waals surface area contributed by atoms with Crippen molar-refractivity contribution in [3.05, 3.63) is 0 Å². The van der Waals surface area contributed by atoms with E-state index >= 15 is 0 Å². The van der Waals surface area contributed by atoms with Crippen molar-refractivity contribution in [2.24, 2.45) is 5.92 Å². The fourth-order valence-electron chi connectivity index (χ4n) is 3.22. The van der Waals surface area contributed by atoms with Crippen LogP contribution in [-0.2, 0) is 19.1 Å². The first-order valence-corrected chi connectivity index (χ1v) is 8.80. The summed E-state index contributed by atoms with van der Waals surface area (Å²) in [6, 6.07) is -0.389. The van der Waals surface area contributed by atoms with E-state index in [1.54, 1.807) is 13.8 Å². The molecule has 2 N–H and O–H groups in total. The van der Waals surface area contributed by atoms with Gasteiger partial charge in [-0.15, -0.1) is 0 Å². The van der Waals surface area contributed by atoms with Crippen molar-refractivity contribution in [2.45, 2.75) is 64.5 Å². The Bertz CT molecular complexity index is 560. The molecule has 0 unspecified atom stereocenters. The number of nitrogens with one attached hydrogen (secondary N) is 2. The molecule has 0 bridgehead atoms. The Kier molecular flexibility index (Phi) is 6.02. The average molecular weight is 353 g/mol. The molecular formula is C17H27N3O5. The largest absolute Gasteiger partial charge is 0.456 e. The minimum absolute atomic E-state index is 0.0613. The summed E-state index contributed by atoms with van der Waals surface area (Å²) in [5.74, 6) is -0.883. The van der Waals surface area contributed by atoms with Crippen LogP contribution in [0, 0.1) is 5.92 Å². The molecule has 0 aromatic heterocycles. The summed E-state index contributed by atoms with van der Waals surface area (Å²) >= 11 is 0. The van der Waals surface area contributed by atoms with Gasteiger partial charge in [0, 0.05) is 12.6 Å². The standard InChI is InChI=1S/C17H27N3O5/c1-11-6-4-5-7-12(11)18-13(21)10-25-14(22)8-9-20-15(23)17(2,3)19-16(20)24/h11-12H,4-10H2,1-3H3,(H,18,21)(H,19,24)/t11-,12-/m1/s1. The predicted octanol–water partition coefficient (Wildman–Crippen LogP) is 0.945. The summed E-state index contributed by atoms with van der Waals surface area (Å²) in [7, 11) is 0. The third kappa shape index (κ3) is 4.93. The highest BCUT2D eigenvalue weighted by molar-refractivity contribution is 6.06. The molecular weight excluding hydrogens is 326 g/mol. The Morgan fingerprint density at radius 3 is 2.56 bits per heavy atom. The van der Waals surface area contributed by atoms with Gasteiger partial charge in [-0.2, -0.15) is 0 Å². The maximum Gasteiger partial charge on any atom is 0.325 e. The molecule has 2 rings (SSSR count). The molecule has 25 heavy (non-hydrogen) atoms. The summed E-state index contributed by atoms with van der Waals surface area (Å²) in [5.41, 5.74) is -0.961. The smallest absolute Gasteiger partial charge is 0.325 e. The van der Waals surface area contributed by atoms with Gasteiger partial charge in [-0.3, -0.25) is 19.3 Å². The quantitative estimate of drug-likeness (QED) is 0.546. The molecule has 2 atom stereocenters. The lowest BCUT2D eigenvalue weighted by Gasteiger charge is -2.29. The molecule has 1 aliphatic heterocycles. The van der Waals surface area contributed by atoms with Crippen molar-refractivity contribution in [2.75, 3.05) is 13.2 Å². The number of nitrogens with zero attached hydrogens (tertiary/aromatic N) is 1. The number of ether oxygens (including phenoxy) is 1. The highest BCUT2D eigenvalue weighted by atomic mass is 16.5. The second-order valence-electron chi connectivity index (χ2n) is 7.36. The molecule has 1 aliphatic carbocycles. The average Bonchev–Trinajstić information content (AvgIpc) is 2.73. The fourth-order valence-corrected chi connectivity index (χ4v) is 3.22. The van der Waals surface area contributed by atoms with Crippen LogP contribution in [0.3, 0.4) is 0 Å². The summed E-state index contributed by atoms with van der Waals surface area (Å²) in [5, 5.41) is 5.44. The lowest BCUT2D eigenvalue weighted by atomic mass is 9.86. The van der Waals surface area contributed by atoms with Crippen LogP contribution >= 0.6 is 0 Å². The van der Waals surface area contributed by atoms with Gasteiger partial charge < -0.3 is 15.4 Å². The van der Waals surface area contributed by atoms with Crippen molar-refractivity contribution in [3.63, 3.8) is 0 Å². The number of rotatable bonds is 6. The van der Waals surface area contributed by atoms with Crippen molar-refractivity contribution >= 4 is 23.8 Å². The highest BCUT2D eigenvalue weighted by Gasteiger charge is 2.44. The maximum absolute atomic E-state index is 12.0. The molecule has 4 amide bonds. The van der Waals surface area contributed by atoms with Crippen LogP contribution in [0.5, 0.6) is 0 Å². The topological polar surface area (TPSA) is 105 Å². The molecule has 0 aromatic carbocycles. The molecule has 0 radical (unpaired) electrons. The van der Waals surface area contributed by atoms with Crippen molar-refractivity contribution < 1.29 is 23.9 Å². The number of hydrogen-bond acceptors (Lipinski definition) is 5. The van der Waals surface area contributed by atoms with Crippen LogP contribution in [0.4, 0.5) is 4.79 Å². The van der Waals surface area contributed by atoms with Crippen molar-refractivity contribution in [3.8, 4) is 0 Å². The van der Waals surface area contributed by atoms with Gasteiger partial charge in [0.2, 0.25) is 0 Å². The zero-order valence-electron chi connectivity index (χ0n) is 15.1. The van der Waals surface area contributed by atoms with E-state index in [1.165, 1.54) is 6.42 Å². The van der Waals surface area contributed by atoms with Gasteiger partial charge >= 0.3 is 12.0 Å². The van der Waals surface area contributed by atoms with Gasteiger partial charge in [0.15, 0.2) is 6.61 Å². The normalized spacial score (nSPS) is 25.5. The van der Waals surface area contributed by atoms with Crippen LogP contribution in [0.25, 0.3) is 0 Å². The third-order valence-electron chi connectivity index (χ3n) is 4.81. The van der Waals surface area contributed by atoms with E-state index in [0.717, 1.165) is 24.2 Å². The minimum Gasteiger partial charge on any atom is -0.456 e. The van der Waals surface area contributed by atoms with Crippen LogP contribution in [0.2, 0.25) is 0 Å². The summed E-state index contributed by atoms with van der Waals surface area (Å²) < 4.78 is 4.94. The Morgan fingerprint density at radius 1 is 1.28 bits per heavy atom. The molecule has 1 saturated heterocycles. The van der Waals surface area contributed by atoms with Crippen molar-refractivity contribution in [1.82, 2.24) is 15.5 Å². The van der Waals surface area contributed by atoms with E-state index in [0.29, 0.717) is 5.92 Å². The summed E-state index contributed by atoms with van der Waals surface area (Å²) in [6.45, 7) is 4.90. The maximum atomic E-state index is 12.0. The van der Waals surface area contributed by atoms with E-state index in [1.807, 2.05) is 0 Å². The second-order valence-corrected chi connectivity index (χ2v) is 7.36. The molecule has 0 aromatic rings. The van der Waals surface area contributed by atoms with Gasteiger partial charge in [-0.1, -0.05) is 19.8 Å². The van der Waals surface area contributed by atoms with E-state index in [-0.39, 0.29) is 37.4 Å². The van der Waals surface area contributed by atoms with Gasteiger partial charge in [0.1, 0.15) is 5.54 Å². The van der Waals surface area contributed by atoms with Crippen LogP contribution in [-0.4, -0.2) is 53.4 Å². The number of amides is 4. The Morgan fingerprint density at radius 2 is 1.96 bits per heavy atom. The SMILES string of the molecule is C[C@@H]1CCCC[C@H]1NC(=O)COC(=O)CCN1C(=O)NC(C)(C)C1=O. The summed E-state index contributed by atoms with van der Waals surface area (Å²) in [6.07, 6.45) is 4.18. The second kappa shape index (κ2) is 7.84. The number of urea groups is 1. The third-order valence-corrected chi connectivity index (χ3v) is 4.81. The molecule has 1 saturated carbocycles. The van der Waals surface area contributed by atoms with E-state index in [9.17, 15) is 19.2 Å². The lowest BCUT2D eigenvalue weighted by Crippen LogP contribution is -2.43. The van der Waals surface area contributed by atoms with E-state index in [4.69, 9.17) is 4.74 Å². The van der Waals surface area contributed by atoms with Gasteiger partial charge in [0.25, 0.3) is 11.8 Å². The Labute approximate surface area is 147 Å². The first-order chi connectivity index (χ1) is 11.7. The summed E-state index contributed by atoms with van der Waals surface area (Å²) in [4.78, 5) is 48.4. The number of imide groups is 1. The van der Waals surface area contributed by atoms with Gasteiger partial charge in [-0.25, -0.2) is 4.79 Å². The van der Waals surface area contributed by atoms with Crippen LogP contribution in [0.15, 0.2) is 0 Å². The zero-order chi connectivity index (χ0) is 18.6. The van der Waals surface area contributed by atoms with E-state index < -0.39 is 17.5 Å². The minimum atomic E-state index is -0.961. The van der Waals surface area contributed by atoms with Crippen LogP contribution < -0.4 is 10.6 Å². The van der Waals surface area contributed by atoms with Crippen LogP contribution in [0.1, 0.15) is 52.9 Å². The molecule has 2 aliphatic rings. The van der Waals surface area contributed by atoms with E-state index in [2.05, 4.69) is 17.6 Å². The number of carbonyl (C=O) groups is 4. The van der Waals surface area contributed by atoms with Crippen molar-refractivity contribution in [1.29, 1.82) is 0 Å². The van der Waals surface area contributed by atoms with Gasteiger partial charge in [0.05, 0.1) is 6.42 Å². The molecule has 8 heteroatoms. The first kappa shape index (κ1) is 19.2. The lowest BCUT2D eigenvalue weighted by molar-refractivity contribution is -0.149. The monoisotopic (exact) mass is 353 g/mol. The molecule has 140 valence electrons. The highest BCUT2D eigenvalue weighted by Crippen LogP contribution is 2.23. The van der Waals surface area contributed by atoms with Gasteiger partial charge in [-0.05, 0) is 32.6 Å². The molecule has 8 nitrogen and oxygen atoms in total. The number of esters is 1. The number of hydrogen-bond donors (Lipinski definition) is 2. The Balaban J connectivity index is 1.69. The number of carbonyl (C=O) groups excluding carboxylic acids is 4. The fraction of sp³-hybridized carbons (Fsp3) is 0.765. The Hall–Kier alpha value is -2.12. The predicted molar refractivity (Wildman–Crippen MR) is 89.5 cm³/mol. The molecule has 2 fully saturated rings. The first-order valence-electron chi connectivity index (χ1n) is 8.80. The molecule has 1 heterocycles.